The van der Waals surface area contributed by atoms with Crippen LogP contribution in [0.1, 0.15) is 11.1 Å². The van der Waals surface area contributed by atoms with Gasteiger partial charge in [0.2, 0.25) is 0 Å². The zero-order chi connectivity index (χ0) is 19.0. The predicted molar refractivity (Wildman–Crippen MR) is 99.9 cm³/mol. The van der Waals surface area contributed by atoms with Crippen molar-refractivity contribution >= 4 is 28.9 Å². The number of hydrogen-bond acceptors (Lipinski definition) is 2. The molecule has 2 aliphatic rings. The molecule has 27 heavy (non-hydrogen) atoms. The monoisotopic (exact) mass is 388 g/mol. The molecule has 1 N–H and O–H groups in total. The Morgan fingerprint density at radius 2 is 2.00 bits per heavy atom. The normalized spacial score (nSPS) is 15.2. The van der Waals surface area contributed by atoms with Gasteiger partial charge in [0.05, 0.1) is 18.2 Å². The highest BCUT2D eigenvalue weighted by Gasteiger charge is 2.22. The van der Waals surface area contributed by atoms with E-state index < -0.39 is 23.4 Å². The number of ether oxygens (including phenoxy) is 1. The molecule has 138 valence electrons. The zero-order valence-corrected chi connectivity index (χ0v) is 14.9. The van der Waals surface area contributed by atoms with Gasteiger partial charge in [0.25, 0.3) is 0 Å². The minimum Gasteiger partial charge on any atom is -0.493 e. The Balaban J connectivity index is 1.54. The van der Waals surface area contributed by atoms with E-state index in [0.717, 1.165) is 41.0 Å². The van der Waals surface area contributed by atoms with Crippen LogP contribution in [0.5, 0.6) is 5.75 Å². The summed E-state index contributed by atoms with van der Waals surface area (Å²) < 4.78 is 33.0. The summed E-state index contributed by atoms with van der Waals surface area (Å²) in [5.41, 5.74) is 2.22. The standard InChI is InChI=1S/C20H15ClF2N2O2/c21-15-10-18-12(6-8-27-18)9-14(15)13-3-2-7-25(11-13)20(26)24-19-16(22)4-1-5-17(19)23/h1-5,7,9-10H,6,8,11H2,(H,24,26). The molecule has 2 aromatic rings. The minimum atomic E-state index is -0.832. The molecule has 0 bridgehead atoms. The van der Waals surface area contributed by atoms with Crippen LogP contribution >= 0.6 is 11.6 Å². The molecule has 0 atom stereocenters. The highest BCUT2D eigenvalue weighted by Crippen LogP contribution is 2.35. The van der Waals surface area contributed by atoms with Gasteiger partial charge in [0, 0.05) is 12.6 Å². The lowest BCUT2D eigenvalue weighted by atomic mass is 10.00. The molecule has 4 rings (SSSR count). The third-order valence-electron chi connectivity index (χ3n) is 4.48. The summed E-state index contributed by atoms with van der Waals surface area (Å²) in [5, 5.41) is 2.81. The summed E-state index contributed by atoms with van der Waals surface area (Å²) in [4.78, 5) is 13.8. The predicted octanol–water partition coefficient (Wildman–Crippen LogP) is 5.00. The molecule has 2 amide bonds. The number of nitrogens with one attached hydrogen (secondary N) is 1. The van der Waals surface area contributed by atoms with Gasteiger partial charge in [-0.3, -0.25) is 4.90 Å². The molecule has 0 spiro atoms. The van der Waals surface area contributed by atoms with Gasteiger partial charge in [-0.2, -0.15) is 0 Å². The molecular weight excluding hydrogens is 374 g/mol. The van der Waals surface area contributed by atoms with E-state index >= 15 is 0 Å². The van der Waals surface area contributed by atoms with Gasteiger partial charge < -0.3 is 10.1 Å². The number of halogens is 3. The first-order chi connectivity index (χ1) is 13.0. The third-order valence-corrected chi connectivity index (χ3v) is 4.80. The van der Waals surface area contributed by atoms with Gasteiger partial charge in [0.1, 0.15) is 23.1 Å². The van der Waals surface area contributed by atoms with Crippen LogP contribution in [0.3, 0.4) is 0 Å². The highest BCUT2D eigenvalue weighted by atomic mass is 35.5. The molecule has 4 nitrogen and oxygen atoms in total. The van der Waals surface area contributed by atoms with Crippen LogP contribution < -0.4 is 10.1 Å². The number of carbonyl (C=O) groups excluding carboxylic acids is 1. The van der Waals surface area contributed by atoms with Crippen LogP contribution in [0.2, 0.25) is 5.02 Å². The lowest BCUT2D eigenvalue weighted by Gasteiger charge is -2.24. The average molecular weight is 389 g/mol. The number of rotatable bonds is 2. The zero-order valence-electron chi connectivity index (χ0n) is 14.1. The van der Waals surface area contributed by atoms with E-state index in [-0.39, 0.29) is 6.54 Å². The quantitative estimate of drug-likeness (QED) is 0.786. The summed E-state index contributed by atoms with van der Waals surface area (Å²) in [6.45, 7) is 0.842. The van der Waals surface area contributed by atoms with Crippen molar-refractivity contribution in [2.24, 2.45) is 0 Å². The second-order valence-electron chi connectivity index (χ2n) is 6.23. The van der Waals surface area contributed by atoms with Crippen molar-refractivity contribution < 1.29 is 18.3 Å². The Morgan fingerprint density at radius 3 is 2.78 bits per heavy atom. The van der Waals surface area contributed by atoms with Crippen LogP contribution in [0.4, 0.5) is 19.3 Å². The summed E-state index contributed by atoms with van der Waals surface area (Å²) in [5.74, 6) is -0.885. The summed E-state index contributed by atoms with van der Waals surface area (Å²) >= 11 is 6.38. The number of hydrogen-bond donors (Lipinski definition) is 1. The fraction of sp³-hybridized carbons (Fsp3) is 0.150. The maximum absolute atomic E-state index is 13.8. The molecule has 2 aromatic carbocycles. The molecular formula is C20H15ClF2N2O2. The summed E-state index contributed by atoms with van der Waals surface area (Å²) in [6, 6.07) is 6.51. The van der Waals surface area contributed by atoms with Gasteiger partial charge in [0.15, 0.2) is 0 Å². The van der Waals surface area contributed by atoms with Crippen molar-refractivity contribution in [2.45, 2.75) is 6.42 Å². The van der Waals surface area contributed by atoms with E-state index in [2.05, 4.69) is 5.32 Å². The van der Waals surface area contributed by atoms with Crippen LogP contribution in [0.15, 0.2) is 48.7 Å². The molecule has 7 heteroatoms. The second kappa shape index (κ2) is 7.04. The first kappa shape index (κ1) is 17.5. The smallest absolute Gasteiger partial charge is 0.326 e. The molecule has 2 heterocycles. The number of urea groups is 1. The number of fused-ring (bicyclic) bond motifs is 1. The van der Waals surface area contributed by atoms with Crippen LogP contribution in [-0.4, -0.2) is 24.1 Å². The lowest BCUT2D eigenvalue weighted by molar-refractivity contribution is 0.232. The van der Waals surface area contributed by atoms with E-state index in [1.807, 2.05) is 12.1 Å². The van der Waals surface area contributed by atoms with E-state index in [1.54, 1.807) is 18.3 Å². The maximum atomic E-state index is 13.8. The highest BCUT2D eigenvalue weighted by molar-refractivity contribution is 6.32. The molecule has 0 aliphatic carbocycles. The first-order valence-electron chi connectivity index (χ1n) is 8.37. The van der Waals surface area contributed by atoms with Gasteiger partial charge >= 0.3 is 6.03 Å². The number of anilines is 1. The third kappa shape index (κ3) is 3.40. The van der Waals surface area contributed by atoms with Crippen LogP contribution in [0.25, 0.3) is 5.57 Å². The fourth-order valence-electron chi connectivity index (χ4n) is 3.11. The Hall–Kier alpha value is -2.86. The molecule has 0 radical (unpaired) electrons. The lowest BCUT2D eigenvalue weighted by Crippen LogP contribution is -2.33. The topological polar surface area (TPSA) is 41.6 Å². The number of amides is 2. The summed E-state index contributed by atoms with van der Waals surface area (Å²) in [7, 11) is 0. The maximum Gasteiger partial charge on any atom is 0.326 e. The second-order valence-corrected chi connectivity index (χ2v) is 6.63. The van der Waals surface area contributed by atoms with Gasteiger partial charge in [-0.1, -0.05) is 23.7 Å². The largest absolute Gasteiger partial charge is 0.493 e. The van der Waals surface area contributed by atoms with Crippen molar-refractivity contribution in [2.75, 3.05) is 18.5 Å². The molecule has 0 saturated carbocycles. The average Bonchev–Trinajstić information content (AvgIpc) is 3.11. The molecule has 0 fully saturated rings. The van der Waals surface area contributed by atoms with Crippen molar-refractivity contribution in [1.82, 2.24) is 4.90 Å². The molecule has 0 saturated heterocycles. The van der Waals surface area contributed by atoms with E-state index in [0.29, 0.717) is 11.6 Å². The van der Waals surface area contributed by atoms with Crippen molar-refractivity contribution in [3.05, 3.63) is 76.5 Å². The molecule has 2 aliphatic heterocycles. The fourth-order valence-corrected chi connectivity index (χ4v) is 3.38. The number of carbonyl (C=O) groups is 1. The van der Waals surface area contributed by atoms with E-state index in [9.17, 15) is 13.6 Å². The first-order valence-corrected chi connectivity index (χ1v) is 8.75. The molecule has 0 unspecified atom stereocenters. The van der Waals surface area contributed by atoms with Gasteiger partial charge in [-0.25, -0.2) is 13.6 Å². The van der Waals surface area contributed by atoms with Gasteiger partial charge in [-0.15, -0.1) is 0 Å². The number of benzene rings is 2. The summed E-state index contributed by atoms with van der Waals surface area (Å²) in [6.07, 6.45) is 5.90. The number of para-hydroxylation sites is 1. The van der Waals surface area contributed by atoms with E-state index in [4.69, 9.17) is 16.3 Å². The SMILES string of the molecule is O=C(Nc1c(F)cccc1F)N1C=CC=C(c2cc3c(cc2Cl)OCC3)C1. The van der Waals surface area contributed by atoms with Gasteiger partial charge in [-0.05, 0) is 47.0 Å². The molecule has 0 aromatic heterocycles. The van der Waals surface area contributed by atoms with Crippen molar-refractivity contribution in [3.63, 3.8) is 0 Å². The Bertz CT molecular complexity index is 968. The minimum absolute atomic E-state index is 0.220. The number of nitrogens with zero attached hydrogens (tertiary/aromatic N) is 1. The Kier molecular flexibility index (Phi) is 4.58. The Labute approximate surface area is 159 Å². The van der Waals surface area contributed by atoms with Crippen molar-refractivity contribution in [3.8, 4) is 5.75 Å². The van der Waals surface area contributed by atoms with Crippen LogP contribution in [-0.2, 0) is 6.42 Å². The van der Waals surface area contributed by atoms with Crippen LogP contribution in [0, 0.1) is 11.6 Å². The van der Waals surface area contributed by atoms with E-state index in [1.165, 1.54) is 11.0 Å². The number of allylic oxidation sites excluding steroid dienone is 2. The Morgan fingerprint density at radius 1 is 1.22 bits per heavy atom. The van der Waals surface area contributed by atoms with Crippen molar-refractivity contribution in [1.29, 1.82) is 0 Å².